The van der Waals surface area contributed by atoms with Gasteiger partial charge in [0.05, 0.1) is 6.10 Å². The van der Waals surface area contributed by atoms with Crippen LogP contribution in [0.3, 0.4) is 0 Å². The van der Waals surface area contributed by atoms with Gasteiger partial charge in [0.2, 0.25) is 5.60 Å². The molecule has 0 rings (SSSR count). The van der Waals surface area contributed by atoms with Crippen LogP contribution in [0.15, 0.2) is 12.2 Å². The number of allylic oxidation sites excluding steroid dienone is 1. The van der Waals surface area contributed by atoms with Gasteiger partial charge in [0, 0.05) is 6.08 Å². The fourth-order valence-corrected chi connectivity index (χ4v) is 0.871. The number of rotatable bonds is 5. The van der Waals surface area contributed by atoms with Crippen molar-refractivity contribution in [2.45, 2.75) is 52.7 Å². The molecule has 0 aliphatic rings. The Morgan fingerprint density at radius 1 is 1.38 bits per heavy atom. The van der Waals surface area contributed by atoms with Crippen molar-refractivity contribution in [2.24, 2.45) is 0 Å². The molecule has 0 radical (unpaired) electrons. The lowest BCUT2D eigenvalue weighted by Gasteiger charge is -2.24. The summed E-state index contributed by atoms with van der Waals surface area (Å²) in [5, 5.41) is 0. The summed E-state index contributed by atoms with van der Waals surface area (Å²) >= 11 is 0. The molecule has 0 aromatic rings. The minimum absolute atomic E-state index is 0.174. The van der Waals surface area contributed by atoms with Crippen LogP contribution >= 0.6 is 0 Å². The first-order valence-corrected chi connectivity index (χ1v) is 5.40. The highest BCUT2D eigenvalue weighted by Gasteiger charge is 2.34. The highest BCUT2D eigenvalue weighted by Crippen LogP contribution is 2.14. The van der Waals surface area contributed by atoms with Gasteiger partial charge in [-0.25, -0.2) is 9.59 Å². The van der Waals surface area contributed by atoms with Crippen molar-refractivity contribution in [1.29, 1.82) is 0 Å². The van der Waals surface area contributed by atoms with Gasteiger partial charge in [0.1, 0.15) is 0 Å². The third kappa shape index (κ3) is 4.96. The van der Waals surface area contributed by atoms with Crippen molar-refractivity contribution in [3.8, 4) is 0 Å². The van der Waals surface area contributed by atoms with E-state index < -0.39 is 17.5 Å². The summed E-state index contributed by atoms with van der Waals surface area (Å²) in [5.41, 5.74) is -1.25. The summed E-state index contributed by atoms with van der Waals surface area (Å²) in [5.74, 6) is -1.08. The molecule has 0 saturated carbocycles. The van der Waals surface area contributed by atoms with Crippen LogP contribution in [0.4, 0.5) is 0 Å². The molecule has 92 valence electrons. The van der Waals surface area contributed by atoms with E-state index in [1.54, 1.807) is 19.9 Å². The summed E-state index contributed by atoms with van der Waals surface area (Å²) in [7, 11) is 0. The monoisotopic (exact) mass is 228 g/mol. The van der Waals surface area contributed by atoms with E-state index in [-0.39, 0.29) is 6.10 Å². The van der Waals surface area contributed by atoms with Gasteiger partial charge in [-0.2, -0.15) is 0 Å². The lowest BCUT2D eigenvalue weighted by molar-refractivity contribution is -0.179. The second-order valence-corrected chi connectivity index (χ2v) is 4.06. The second-order valence-electron chi connectivity index (χ2n) is 4.06. The van der Waals surface area contributed by atoms with Gasteiger partial charge in [-0.05, 0) is 34.1 Å². The molecule has 0 N–H and O–H groups in total. The molecule has 0 aliphatic carbocycles. The summed E-state index contributed by atoms with van der Waals surface area (Å²) < 4.78 is 10.1. The summed E-state index contributed by atoms with van der Waals surface area (Å²) in [6, 6.07) is 0. The number of carbonyl (C=O) groups is 2. The highest BCUT2D eigenvalue weighted by atomic mass is 16.6. The maximum atomic E-state index is 11.7. The fraction of sp³-hybridized carbons (Fsp3) is 0.667. The Kier molecular flexibility index (Phi) is 5.78. The quantitative estimate of drug-likeness (QED) is 0.535. The normalized spacial score (nSPS) is 13.6. The van der Waals surface area contributed by atoms with Crippen molar-refractivity contribution < 1.29 is 19.1 Å². The lowest BCUT2D eigenvalue weighted by atomic mass is 10.1. The third-order valence-corrected chi connectivity index (χ3v) is 2.03. The number of esters is 2. The number of ether oxygens (including phenoxy) is 2. The molecule has 16 heavy (non-hydrogen) atoms. The summed E-state index contributed by atoms with van der Waals surface area (Å²) in [6.07, 6.45) is 3.37. The smallest absolute Gasteiger partial charge is 0.350 e. The van der Waals surface area contributed by atoms with Gasteiger partial charge in [-0.3, -0.25) is 0 Å². The third-order valence-electron chi connectivity index (χ3n) is 2.03. The first-order valence-electron chi connectivity index (χ1n) is 5.40. The Morgan fingerprint density at radius 3 is 2.38 bits per heavy atom. The second kappa shape index (κ2) is 6.30. The SMILES string of the molecule is CC=CC(=O)OC(C)(C)C(=O)OC(C)CC. The van der Waals surface area contributed by atoms with Gasteiger partial charge < -0.3 is 9.47 Å². The van der Waals surface area contributed by atoms with Crippen LogP contribution < -0.4 is 0 Å². The van der Waals surface area contributed by atoms with Crippen molar-refractivity contribution in [1.82, 2.24) is 0 Å². The highest BCUT2D eigenvalue weighted by molar-refractivity contribution is 5.87. The Hall–Kier alpha value is -1.32. The predicted molar refractivity (Wildman–Crippen MR) is 60.8 cm³/mol. The lowest BCUT2D eigenvalue weighted by Crippen LogP contribution is -2.39. The molecular weight excluding hydrogens is 208 g/mol. The zero-order valence-corrected chi connectivity index (χ0v) is 10.6. The van der Waals surface area contributed by atoms with Crippen molar-refractivity contribution >= 4 is 11.9 Å². The Morgan fingerprint density at radius 2 is 1.94 bits per heavy atom. The molecule has 0 bridgehead atoms. The van der Waals surface area contributed by atoms with E-state index in [2.05, 4.69) is 0 Å². The van der Waals surface area contributed by atoms with Gasteiger partial charge in [-0.15, -0.1) is 0 Å². The van der Waals surface area contributed by atoms with Crippen molar-refractivity contribution in [3.05, 3.63) is 12.2 Å². The number of carbonyl (C=O) groups excluding carboxylic acids is 2. The zero-order valence-electron chi connectivity index (χ0n) is 10.6. The van der Waals surface area contributed by atoms with E-state index in [4.69, 9.17) is 9.47 Å². The van der Waals surface area contributed by atoms with Crippen molar-refractivity contribution in [3.63, 3.8) is 0 Å². The van der Waals surface area contributed by atoms with Crippen LogP contribution in [0.5, 0.6) is 0 Å². The van der Waals surface area contributed by atoms with Crippen LogP contribution in [0.1, 0.15) is 41.0 Å². The first kappa shape index (κ1) is 14.7. The van der Waals surface area contributed by atoms with Crippen LogP contribution in [0.2, 0.25) is 0 Å². The first-order chi connectivity index (χ1) is 7.33. The number of hydrogen-bond donors (Lipinski definition) is 0. The van der Waals surface area contributed by atoms with E-state index in [1.165, 1.54) is 19.9 Å². The van der Waals surface area contributed by atoms with Gasteiger partial charge in [-0.1, -0.05) is 13.0 Å². The van der Waals surface area contributed by atoms with Crippen molar-refractivity contribution in [2.75, 3.05) is 0 Å². The minimum Gasteiger partial charge on any atom is -0.460 e. The molecule has 1 unspecified atom stereocenters. The molecule has 0 saturated heterocycles. The average Bonchev–Trinajstić information content (AvgIpc) is 2.16. The molecule has 0 aromatic heterocycles. The predicted octanol–water partition coefficient (Wildman–Crippen LogP) is 2.23. The maximum absolute atomic E-state index is 11.7. The number of hydrogen-bond acceptors (Lipinski definition) is 4. The molecule has 0 aromatic carbocycles. The van der Waals surface area contributed by atoms with Crippen LogP contribution in [0, 0.1) is 0 Å². The summed E-state index contributed by atoms with van der Waals surface area (Å²) in [4.78, 5) is 22.9. The molecule has 1 atom stereocenters. The van der Waals surface area contributed by atoms with Crippen LogP contribution in [-0.2, 0) is 19.1 Å². The molecule has 4 heteroatoms. The maximum Gasteiger partial charge on any atom is 0.350 e. The van der Waals surface area contributed by atoms with E-state index in [0.717, 1.165) is 6.42 Å². The zero-order chi connectivity index (χ0) is 12.8. The van der Waals surface area contributed by atoms with Gasteiger partial charge in [0.25, 0.3) is 0 Å². The Labute approximate surface area is 96.6 Å². The Bertz CT molecular complexity index is 279. The molecular formula is C12H20O4. The minimum atomic E-state index is -1.25. The van der Waals surface area contributed by atoms with E-state index in [1.807, 2.05) is 6.92 Å². The largest absolute Gasteiger partial charge is 0.460 e. The fourth-order valence-electron chi connectivity index (χ4n) is 0.871. The van der Waals surface area contributed by atoms with E-state index >= 15 is 0 Å². The topological polar surface area (TPSA) is 52.6 Å². The molecule has 0 aliphatic heterocycles. The summed E-state index contributed by atoms with van der Waals surface area (Å²) in [6.45, 7) is 8.43. The van der Waals surface area contributed by atoms with E-state index in [0.29, 0.717) is 0 Å². The molecule has 4 nitrogen and oxygen atoms in total. The molecule has 0 fully saturated rings. The van der Waals surface area contributed by atoms with Gasteiger partial charge in [0.15, 0.2) is 0 Å². The average molecular weight is 228 g/mol. The molecule has 0 heterocycles. The van der Waals surface area contributed by atoms with Crippen LogP contribution in [0.25, 0.3) is 0 Å². The standard InChI is InChI=1S/C12H20O4/c1-6-8-10(13)16-12(4,5)11(14)15-9(3)7-2/h6,8-9H,7H2,1-5H3. The van der Waals surface area contributed by atoms with Crippen LogP contribution in [-0.4, -0.2) is 23.6 Å². The van der Waals surface area contributed by atoms with Gasteiger partial charge >= 0.3 is 11.9 Å². The Balaban J connectivity index is 4.41. The molecule has 0 amide bonds. The molecule has 0 spiro atoms. The van der Waals surface area contributed by atoms with E-state index in [9.17, 15) is 9.59 Å².